The molecule has 0 unspecified atom stereocenters. The van der Waals surface area contributed by atoms with Crippen molar-refractivity contribution in [1.82, 2.24) is 9.80 Å². The molecule has 6 heteroatoms. The highest BCUT2D eigenvalue weighted by Gasteiger charge is 2.29. The predicted octanol–water partition coefficient (Wildman–Crippen LogP) is 2.51. The first kappa shape index (κ1) is 17.2. The molecule has 0 spiro atoms. The Bertz CT molecular complexity index is 824. The van der Waals surface area contributed by atoms with Crippen molar-refractivity contribution in [2.75, 3.05) is 19.6 Å². The number of nitrogens with two attached hydrogens (primary N) is 1. The second-order valence-corrected chi connectivity index (χ2v) is 7.99. The van der Waals surface area contributed by atoms with Gasteiger partial charge >= 0.3 is 0 Å². The SMILES string of the molecule is NC(=O)c1csc(C(=O)N2CCC(N3CCc4ccccc4C3)CC2)c1. The van der Waals surface area contributed by atoms with Crippen molar-refractivity contribution in [2.24, 2.45) is 5.73 Å². The van der Waals surface area contributed by atoms with Crippen molar-refractivity contribution in [3.63, 3.8) is 0 Å². The highest BCUT2D eigenvalue weighted by Crippen LogP contribution is 2.26. The molecule has 2 N–H and O–H groups in total. The van der Waals surface area contributed by atoms with Crippen LogP contribution in [0, 0.1) is 0 Å². The van der Waals surface area contributed by atoms with E-state index in [1.807, 2.05) is 4.90 Å². The molecule has 0 radical (unpaired) electrons. The topological polar surface area (TPSA) is 66.6 Å². The number of thiophene rings is 1. The molecular formula is C20H23N3O2S. The van der Waals surface area contributed by atoms with Crippen molar-refractivity contribution in [2.45, 2.75) is 31.8 Å². The summed E-state index contributed by atoms with van der Waals surface area (Å²) in [6.07, 6.45) is 3.12. The molecule has 1 fully saturated rings. The number of benzene rings is 1. The molecule has 0 aliphatic carbocycles. The smallest absolute Gasteiger partial charge is 0.263 e. The number of carbonyl (C=O) groups excluding carboxylic acids is 2. The maximum Gasteiger partial charge on any atom is 0.263 e. The molecule has 0 saturated carbocycles. The van der Waals surface area contributed by atoms with E-state index in [0.29, 0.717) is 16.5 Å². The molecular weight excluding hydrogens is 346 g/mol. The number of hydrogen-bond acceptors (Lipinski definition) is 4. The first-order valence-corrected chi connectivity index (χ1v) is 9.98. The Hall–Kier alpha value is -2.18. The van der Waals surface area contributed by atoms with Gasteiger partial charge in [0.2, 0.25) is 5.91 Å². The fourth-order valence-electron chi connectivity index (χ4n) is 4.00. The van der Waals surface area contributed by atoms with Crippen molar-refractivity contribution < 1.29 is 9.59 Å². The number of fused-ring (bicyclic) bond motifs is 1. The third-order valence-electron chi connectivity index (χ3n) is 5.52. The Kier molecular flexibility index (Phi) is 4.78. The second kappa shape index (κ2) is 7.21. The van der Waals surface area contributed by atoms with Gasteiger partial charge in [-0.05, 0) is 36.5 Å². The van der Waals surface area contributed by atoms with Crippen LogP contribution in [0.3, 0.4) is 0 Å². The minimum absolute atomic E-state index is 0.0185. The van der Waals surface area contributed by atoms with Crippen LogP contribution >= 0.6 is 11.3 Å². The molecule has 1 saturated heterocycles. The summed E-state index contributed by atoms with van der Waals surface area (Å²) in [5.74, 6) is -0.464. The Morgan fingerprint density at radius 2 is 1.81 bits per heavy atom. The fraction of sp³-hybridized carbons (Fsp3) is 0.400. The maximum absolute atomic E-state index is 12.7. The van der Waals surface area contributed by atoms with E-state index in [9.17, 15) is 9.59 Å². The van der Waals surface area contributed by atoms with Crippen molar-refractivity contribution in [3.8, 4) is 0 Å². The first-order chi connectivity index (χ1) is 12.6. The molecule has 2 amide bonds. The highest BCUT2D eigenvalue weighted by molar-refractivity contribution is 7.12. The summed E-state index contributed by atoms with van der Waals surface area (Å²) in [6.45, 7) is 3.65. The minimum Gasteiger partial charge on any atom is -0.366 e. The van der Waals surface area contributed by atoms with Crippen LogP contribution in [0.4, 0.5) is 0 Å². The lowest BCUT2D eigenvalue weighted by molar-refractivity contribution is 0.0604. The highest BCUT2D eigenvalue weighted by atomic mass is 32.1. The van der Waals surface area contributed by atoms with Crippen LogP contribution in [0.15, 0.2) is 35.7 Å². The van der Waals surface area contributed by atoms with Gasteiger partial charge < -0.3 is 10.6 Å². The average molecular weight is 369 g/mol. The summed E-state index contributed by atoms with van der Waals surface area (Å²) in [6, 6.07) is 10.8. The van der Waals surface area contributed by atoms with E-state index in [-0.39, 0.29) is 5.91 Å². The van der Waals surface area contributed by atoms with Crippen LogP contribution in [-0.4, -0.2) is 47.3 Å². The summed E-state index contributed by atoms with van der Waals surface area (Å²) >= 11 is 1.30. The van der Waals surface area contributed by atoms with E-state index in [1.165, 1.54) is 22.5 Å². The zero-order chi connectivity index (χ0) is 18.1. The van der Waals surface area contributed by atoms with Gasteiger partial charge in [-0.25, -0.2) is 0 Å². The van der Waals surface area contributed by atoms with Crippen LogP contribution < -0.4 is 5.73 Å². The Balaban J connectivity index is 1.35. The Morgan fingerprint density at radius 3 is 2.50 bits per heavy atom. The third-order valence-corrected chi connectivity index (χ3v) is 6.44. The maximum atomic E-state index is 12.7. The van der Waals surface area contributed by atoms with Gasteiger partial charge in [0.05, 0.1) is 10.4 Å². The standard InChI is InChI=1S/C20H23N3O2S/c21-19(24)16-11-18(26-13-16)20(25)22-9-6-17(7-10-22)23-8-5-14-3-1-2-4-15(14)12-23/h1-4,11,13,17H,5-10,12H2,(H2,21,24). The van der Waals surface area contributed by atoms with E-state index in [0.717, 1.165) is 45.4 Å². The lowest BCUT2D eigenvalue weighted by Crippen LogP contribution is -2.48. The van der Waals surface area contributed by atoms with Gasteiger partial charge in [-0.1, -0.05) is 24.3 Å². The van der Waals surface area contributed by atoms with Crippen LogP contribution in [0.1, 0.15) is 44.0 Å². The van der Waals surface area contributed by atoms with Crippen molar-refractivity contribution >= 4 is 23.2 Å². The number of primary amides is 1. The Morgan fingerprint density at radius 1 is 1.08 bits per heavy atom. The van der Waals surface area contributed by atoms with Crippen LogP contribution in [-0.2, 0) is 13.0 Å². The molecule has 26 heavy (non-hydrogen) atoms. The first-order valence-electron chi connectivity index (χ1n) is 9.10. The van der Waals surface area contributed by atoms with E-state index >= 15 is 0 Å². The molecule has 2 aliphatic heterocycles. The van der Waals surface area contributed by atoms with Crippen molar-refractivity contribution in [1.29, 1.82) is 0 Å². The molecule has 2 aromatic rings. The van der Waals surface area contributed by atoms with E-state index in [4.69, 9.17) is 5.73 Å². The number of likely N-dealkylation sites (tertiary alicyclic amines) is 1. The number of amides is 2. The summed E-state index contributed by atoms with van der Waals surface area (Å²) in [4.78, 5) is 28.9. The van der Waals surface area contributed by atoms with Gasteiger partial charge in [0, 0.05) is 37.6 Å². The molecule has 5 nitrogen and oxygen atoms in total. The second-order valence-electron chi connectivity index (χ2n) is 7.08. The van der Waals surface area contributed by atoms with E-state index in [2.05, 4.69) is 29.2 Å². The number of hydrogen-bond donors (Lipinski definition) is 1. The minimum atomic E-state index is -0.482. The summed E-state index contributed by atoms with van der Waals surface area (Å²) in [5.41, 5.74) is 8.61. The quantitative estimate of drug-likeness (QED) is 0.904. The summed E-state index contributed by atoms with van der Waals surface area (Å²) in [5, 5.41) is 1.66. The van der Waals surface area contributed by atoms with Gasteiger partial charge in [-0.3, -0.25) is 14.5 Å². The lowest BCUT2D eigenvalue weighted by Gasteiger charge is -2.40. The average Bonchev–Trinajstić information content (AvgIpc) is 3.18. The predicted molar refractivity (Wildman–Crippen MR) is 102 cm³/mol. The number of nitrogens with zero attached hydrogens (tertiary/aromatic N) is 2. The molecule has 4 rings (SSSR count). The summed E-state index contributed by atoms with van der Waals surface area (Å²) in [7, 11) is 0. The molecule has 0 atom stereocenters. The lowest BCUT2D eigenvalue weighted by atomic mass is 9.95. The molecule has 1 aromatic heterocycles. The molecule has 2 aliphatic rings. The number of carbonyl (C=O) groups is 2. The number of rotatable bonds is 3. The van der Waals surface area contributed by atoms with Crippen LogP contribution in [0.5, 0.6) is 0 Å². The van der Waals surface area contributed by atoms with Crippen molar-refractivity contribution in [3.05, 3.63) is 57.3 Å². The van der Waals surface area contributed by atoms with Gasteiger partial charge in [-0.15, -0.1) is 11.3 Å². The molecule has 1 aromatic carbocycles. The van der Waals surface area contributed by atoms with Gasteiger partial charge in [0.25, 0.3) is 5.91 Å². The van der Waals surface area contributed by atoms with Gasteiger partial charge in [-0.2, -0.15) is 0 Å². The van der Waals surface area contributed by atoms with Gasteiger partial charge in [0.15, 0.2) is 0 Å². The van der Waals surface area contributed by atoms with Crippen LogP contribution in [0.25, 0.3) is 0 Å². The Labute approximate surface area is 157 Å². The van der Waals surface area contributed by atoms with E-state index < -0.39 is 5.91 Å². The van der Waals surface area contributed by atoms with E-state index in [1.54, 1.807) is 11.4 Å². The normalized spacial score (nSPS) is 18.5. The van der Waals surface area contributed by atoms with Crippen LogP contribution in [0.2, 0.25) is 0 Å². The molecule has 136 valence electrons. The van der Waals surface area contributed by atoms with Gasteiger partial charge in [0.1, 0.15) is 0 Å². The largest absolute Gasteiger partial charge is 0.366 e. The monoisotopic (exact) mass is 369 g/mol. The third kappa shape index (κ3) is 3.39. The summed E-state index contributed by atoms with van der Waals surface area (Å²) < 4.78 is 0. The zero-order valence-corrected chi connectivity index (χ0v) is 15.5. The number of piperidine rings is 1. The molecule has 3 heterocycles. The zero-order valence-electron chi connectivity index (χ0n) is 14.7. The fourth-order valence-corrected chi connectivity index (χ4v) is 4.86. The molecule has 0 bridgehead atoms.